The first-order valence-electron chi connectivity index (χ1n) is 9.85. The molecule has 1 aliphatic heterocycles. The van der Waals surface area contributed by atoms with Crippen molar-refractivity contribution in [3.63, 3.8) is 0 Å². The van der Waals surface area contributed by atoms with Gasteiger partial charge in [0, 0.05) is 49.0 Å². The number of amides is 1. The molecule has 0 atom stereocenters. The van der Waals surface area contributed by atoms with Gasteiger partial charge < -0.3 is 9.64 Å². The van der Waals surface area contributed by atoms with Crippen LogP contribution < -0.4 is 0 Å². The Balaban J connectivity index is 1.61. The summed E-state index contributed by atoms with van der Waals surface area (Å²) in [6, 6.07) is 2.05. The van der Waals surface area contributed by atoms with Gasteiger partial charge in [-0.1, -0.05) is 26.2 Å². The van der Waals surface area contributed by atoms with Gasteiger partial charge in [-0.3, -0.25) is 9.69 Å². The largest absolute Gasteiger partial charge is 0.379 e. The van der Waals surface area contributed by atoms with Crippen molar-refractivity contribution in [1.82, 2.24) is 14.8 Å². The smallest absolute Gasteiger partial charge is 0.273 e. The number of carbonyl (C=O) groups excluding carboxylic acids is 1. The van der Waals surface area contributed by atoms with Gasteiger partial charge in [0.1, 0.15) is 10.7 Å². The maximum atomic E-state index is 13.1. The van der Waals surface area contributed by atoms with Crippen LogP contribution in [0.15, 0.2) is 22.2 Å². The fourth-order valence-electron chi connectivity index (χ4n) is 3.18. The van der Waals surface area contributed by atoms with Gasteiger partial charge in [0.15, 0.2) is 0 Å². The molecule has 3 rings (SSSR count). The van der Waals surface area contributed by atoms with E-state index < -0.39 is 0 Å². The molecule has 0 unspecified atom stereocenters. The highest BCUT2D eigenvalue weighted by Crippen LogP contribution is 2.26. The summed E-state index contributed by atoms with van der Waals surface area (Å²) in [5.41, 5.74) is 1.69. The van der Waals surface area contributed by atoms with Crippen molar-refractivity contribution in [3.05, 3.63) is 27.9 Å². The number of aromatic nitrogens is 1. The van der Waals surface area contributed by atoms with E-state index in [9.17, 15) is 4.79 Å². The first-order valence-corrected chi connectivity index (χ1v) is 11.7. The van der Waals surface area contributed by atoms with Crippen LogP contribution in [-0.4, -0.2) is 66.6 Å². The Labute approximate surface area is 170 Å². The van der Waals surface area contributed by atoms with E-state index in [4.69, 9.17) is 4.74 Å². The highest BCUT2D eigenvalue weighted by atomic mass is 32.1. The molecular weight excluding hydrogens is 378 g/mol. The van der Waals surface area contributed by atoms with Gasteiger partial charge in [0.05, 0.1) is 13.2 Å². The summed E-state index contributed by atoms with van der Waals surface area (Å²) >= 11 is 3.21. The summed E-state index contributed by atoms with van der Waals surface area (Å²) in [4.78, 5) is 22.1. The number of ether oxygens (including phenoxy) is 1. The van der Waals surface area contributed by atoms with Crippen LogP contribution in [0.4, 0.5) is 0 Å². The van der Waals surface area contributed by atoms with Gasteiger partial charge in [0.25, 0.3) is 5.91 Å². The summed E-state index contributed by atoms with van der Waals surface area (Å²) in [7, 11) is 0. The molecule has 0 saturated carbocycles. The van der Waals surface area contributed by atoms with Crippen molar-refractivity contribution in [3.8, 4) is 10.6 Å². The lowest BCUT2D eigenvalue weighted by Gasteiger charge is -2.30. The molecule has 1 saturated heterocycles. The Kier molecular flexibility index (Phi) is 8.26. The average Bonchev–Trinajstić information content (AvgIpc) is 3.39. The van der Waals surface area contributed by atoms with Gasteiger partial charge in [-0.25, -0.2) is 4.98 Å². The topological polar surface area (TPSA) is 45.7 Å². The Morgan fingerprint density at radius 3 is 2.81 bits per heavy atom. The van der Waals surface area contributed by atoms with Crippen molar-refractivity contribution in [2.24, 2.45) is 0 Å². The predicted molar refractivity (Wildman–Crippen MR) is 113 cm³/mol. The quantitative estimate of drug-likeness (QED) is 0.553. The third kappa shape index (κ3) is 6.10. The molecule has 2 aromatic rings. The fourth-order valence-corrected chi connectivity index (χ4v) is 4.69. The van der Waals surface area contributed by atoms with Crippen molar-refractivity contribution in [2.45, 2.75) is 32.6 Å². The Morgan fingerprint density at radius 2 is 2.07 bits per heavy atom. The zero-order chi connectivity index (χ0) is 18.9. The maximum absolute atomic E-state index is 13.1. The zero-order valence-electron chi connectivity index (χ0n) is 16.1. The van der Waals surface area contributed by atoms with E-state index in [1.54, 1.807) is 22.7 Å². The summed E-state index contributed by atoms with van der Waals surface area (Å²) in [6.07, 6.45) is 4.67. The number of hydrogen-bond acceptors (Lipinski definition) is 6. The highest BCUT2D eigenvalue weighted by molar-refractivity contribution is 7.14. The standard InChI is InChI=1S/C20H29N3O2S2/c1-2-3-4-5-7-23(9-8-22-10-12-25-13-11-22)20(24)18-16-27-19(21-18)17-6-14-26-15-17/h6,14-16H,2-5,7-13H2,1H3. The predicted octanol–water partition coefficient (Wildman–Crippen LogP) is 4.23. The van der Waals surface area contributed by atoms with E-state index >= 15 is 0 Å². The van der Waals surface area contributed by atoms with E-state index in [1.807, 2.05) is 15.7 Å². The molecule has 2 aromatic heterocycles. The number of carbonyl (C=O) groups is 1. The number of rotatable bonds is 10. The Morgan fingerprint density at radius 1 is 1.22 bits per heavy atom. The molecule has 27 heavy (non-hydrogen) atoms. The number of unbranched alkanes of at least 4 members (excludes halogenated alkanes) is 3. The van der Waals surface area contributed by atoms with E-state index in [-0.39, 0.29) is 5.91 Å². The van der Waals surface area contributed by atoms with Crippen LogP contribution in [-0.2, 0) is 4.74 Å². The third-order valence-corrected chi connectivity index (χ3v) is 6.42. The molecule has 0 aromatic carbocycles. The van der Waals surface area contributed by atoms with Crippen LogP contribution in [0.3, 0.4) is 0 Å². The van der Waals surface area contributed by atoms with Crippen LogP contribution in [0.1, 0.15) is 43.1 Å². The van der Waals surface area contributed by atoms with Crippen LogP contribution in [0.2, 0.25) is 0 Å². The number of thiophene rings is 1. The van der Waals surface area contributed by atoms with Crippen LogP contribution >= 0.6 is 22.7 Å². The molecule has 0 spiro atoms. The molecule has 0 aliphatic carbocycles. The van der Waals surface area contributed by atoms with Crippen LogP contribution in [0, 0.1) is 0 Å². The van der Waals surface area contributed by atoms with Gasteiger partial charge in [0.2, 0.25) is 0 Å². The van der Waals surface area contributed by atoms with Crippen LogP contribution in [0.25, 0.3) is 10.6 Å². The molecule has 148 valence electrons. The molecule has 7 heteroatoms. The SMILES string of the molecule is CCCCCCN(CCN1CCOCC1)C(=O)c1csc(-c2ccsc2)n1. The minimum absolute atomic E-state index is 0.0671. The lowest BCUT2D eigenvalue weighted by atomic mass is 10.2. The Bertz CT molecular complexity index is 681. The summed E-state index contributed by atoms with van der Waals surface area (Å²) < 4.78 is 5.42. The number of thiazole rings is 1. The molecule has 5 nitrogen and oxygen atoms in total. The highest BCUT2D eigenvalue weighted by Gasteiger charge is 2.20. The van der Waals surface area contributed by atoms with Crippen molar-refractivity contribution < 1.29 is 9.53 Å². The molecule has 0 N–H and O–H groups in total. The van der Waals surface area contributed by atoms with Gasteiger partial charge in [-0.2, -0.15) is 11.3 Å². The van der Waals surface area contributed by atoms with E-state index in [2.05, 4.69) is 28.3 Å². The minimum atomic E-state index is 0.0671. The average molecular weight is 408 g/mol. The molecule has 3 heterocycles. The first-order chi connectivity index (χ1) is 13.3. The van der Waals surface area contributed by atoms with E-state index in [0.717, 1.165) is 62.9 Å². The lowest BCUT2D eigenvalue weighted by Crippen LogP contribution is -2.43. The molecular formula is C20H29N3O2S2. The fraction of sp³-hybridized carbons (Fsp3) is 0.600. The second kappa shape index (κ2) is 10.9. The molecule has 1 fully saturated rings. The van der Waals surface area contributed by atoms with Gasteiger partial charge in [-0.15, -0.1) is 11.3 Å². The molecule has 0 bridgehead atoms. The number of morpholine rings is 1. The molecule has 0 radical (unpaired) electrons. The summed E-state index contributed by atoms with van der Waals surface area (Å²) in [5, 5.41) is 6.95. The van der Waals surface area contributed by atoms with Crippen LogP contribution in [0.5, 0.6) is 0 Å². The Hall–Kier alpha value is -1.28. The summed E-state index contributed by atoms with van der Waals surface area (Å²) in [6.45, 7) is 8.19. The monoisotopic (exact) mass is 407 g/mol. The van der Waals surface area contributed by atoms with Crippen molar-refractivity contribution >= 4 is 28.6 Å². The van der Waals surface area contributed by atoms with E-state index in [1.165, 1.54) is 19.3 Å². The molecule has 1 amide bonds. The second-order valence-electron chi connectivity index (χ2n) is 6.86. The van der Waals surface area contributed by atoms with Crippen molar-refractivity contribution in [1.29, 1.82) is 0 Å². The number of hydrogen-bond donors (Lipinski definition) is 0. The first kappa shape index (κ1) is 20.5. The second-order valence-corrected chi connectivity index (χ2v) is 8.49. The lowest BCUT2D eigenvalue weighted by molar-refractivity contribution is 0.0323. The number of nitrogens with zero attached hydrogens (tertiary/aromatic N) is 3. The normalized spacial score (nSPS) is 15.1. The summed E-state index contributed by atoms with van der Waals surface area (Å²) in [5.74, 6) is 0.0671. The van der Waals surface area contributed by atoms with Gasteiger partial charge in [-0.05, 0) is 17.9 Å². The molecule has 1 aliphatic rings. The van der Waals surface area contributed by atoms with E-state index in [0.29, 0.717) is 5.69 Å². The maximum Gasteiger partial charge on any atom is 0.273 e. The van der Waals surface area contributed by atoms with Crippen molar-refractivity contribution in [2.75, 3.05) is 45.9 Å². The van der Waals surface area contributed by atoms with Gasteiger partial charge >= 0.3 is 0 Å². The third-order valence-electron chi connectivity index (χ3n) is 4.85. The minimum Gasteiger partial charge on any atom is -0.379 e. The zero-order valence-corrected chi connectivity index (χ0v) is 17.7.